The smallest absolute Gasteiger partial charge is 0.350 e. The molecule has 174 valence electrons. The number of imide groups is 1. The monoisotopic (exact) mass is 448 g/mol. The van der Waals surface area contributed by atoms with Gasteiger partial charge in [0.25, 0.3) is 0 Å². The quantitative estimate of drug-likeness (QED) is 0.587. The van der Waals surface area contributed by atoms with Gasteiger partial charge >= 0.3 is 6.03 Å². The molecule has 1 aromatic rings. The topological polar surface area (TPSA) is 82.1 Å². The van der Waals surface area contributed by atoms with Crippen molar-refractivity contribution in [2.45, 2.75) is 51.1 Å². The van der Waals surface area contributed by atoms with Gasteiger partial charge in [-0.15, -0.1) is 0 Å². The Morgan fingerprint density at radius 2 is 1.82 bits per heavy atom. The van der Waals surface area contributed by atoms with Crippen molar-refractivity contribution in [2.75, 3.05) is 19.6 Å². The van der Waals surface area contributed by atoms with Gasteiger partial charge in [-0.2, -0.15) is 4.99 Å². The van der Waals surface area contributed by atoms with Crippen LogP contribution in [0.5, 0.6) is 0 Å². The molecule has 7 nitrogen and oxygen atoms in total. The highest BCUT2D eigenvalue weighted by molar-refractivity contribution is 6.21. The molecule has 4 rings (SSSR count). The summed E-state index contributed by atoms with van der Waals surface area (Å²) in [7, 11) is 0. The number of benzene rings is 1. The average Bonchev–Trinajstić information content (AvgIpc) is 2.82. The van der Waals surface area contributed by atoms with Crippen molar-refractivity contribution in [1.29, 1.82) is 0 Å². The fraction of sp³-hybridized carbons (Fsp3) is 0.462. The van der Waals surface area contributed by atoms with Crippen LogP contribution in [-0.2, 0) is 16.1 Å². The summed E-state index contributed by atoms with van der Waals surface area (Å²) >= 11 is 0. The van der Waals surface area contributed by atoms with E-state index in [4.69, 9.17) is 0 Å². The second-order valence-electron chi connectivity index (χ2n) is 8.95. The third-order valence-corrected chi connectivity index (χ3v) is 6.48. The van der Waals surface area contributed by atoms with E-state index in [2.05, 4.69) is 39.5 Å². The van der Waals surface area contributed by atoms with Gasteiger partial charge in [-0.25, -0.2) is 4.79 Å². The van der Waals surface area contributed by atoms with E-state index >= 15 is 0 Å². The fourth-order valence-corrected chi connectivity index (χ4v) is 4.60. The minimum Gasteiger partial charge on any atom is -0.353 e. The van der Waals surface area contributed by atoms with E-state index in [9.17, 15) is 14.4 Å². The summed E-state index contributed by atoms with van der Waals surface area (Å²) in [5.74, 6) is -0.561. The molecule has 2 aliphatic heterocycles. The lowest BCUT2D eigenvalue weighted by atomic mass is 9.95. The maximum atomic E-state index is 12.6. The number of likely N-dealkylation sites (tertiary alicyclic amines) is 1. The van der Waals surface area contributed by atoms with Crippen LogP contribution in [0, 0.1) is 5.92 Å². The first-order valence-corrected chi connectivity index (χ1v) is 11.9. The number of nitrogens with one attached hydrogen (secondary N) is 1. The number of hydrogen-bond donors (Lipinski definition) is 1. The Morgan fingerprint density at radius 3 is 2.61 bits per heavy atom. The molecule has 7 heteroatoms. The molecule has 1 fully saturated rings. The number of carbonyl (C=O) groups is 3. The first kappa shape index (κ1) is 23.1. The lowest BCUT2D eigenvalue weighted by Crippen LogP contribution is -2.46. The Bertz CT molecular complexity index is 946. The van der Waals surface area contributed by atoms with Gasteiger partial charge < -0.3 is 5.32 Å². The second kappa shape index (κ2) is 11.2. The van der Waals surface area contributed by atoms with Crippen molar-refractivity contribution in [3.8, 4) is 0 Å². The Hall–Kier alpha value is -3.06. The molecular weight excluding hydrogens is 416 g/mol. The predicted octanol–water partition coefficient (Wildman–Crippen LogP) is 3.47. The van der Waals surface area contributed by atoms with Crippen LogP contribution in [0.3, 0.4) is 0 Å². The van der Waals surface area contributed by atoms with Crippen molar-refractivity contribution < 1.29 is 14.4 Å². The molecule has 4 amide bonds. The van der Waals surface area contributed by atoms with Crippen LogP contribution in [-0.4, -0.2) is 59.0 Å². The number of amides is 4. The number of piperidine rings is 1. The minimum atomic E-state index is -0.484. The maximum Gasteiger partial charge on any atom is 0.350 e. The highest BCUT2D eigenvalue weighted by atomic mass is 16.2. The summed E-state index contributed by atoms with van der Waals surface area (Å²) in [6.45, 7) is 3.30. The van der Waals surface area contributed by atoms with Crippen molar-refractivity contribution in [1.82, 2.24) is 15.1 Å². The molecule has 0 aromatic heterocycles. The van der Waals surface area contributed by atoms with Gasteiger partial charge in [0.15, 0.2) is 0 Å². The molecule has 3 aliphatic rings. The highest BCUT2D eigenvalue weighted by Crippen LogP contribution is 2.20. The van der Waals surface area contributed by atoms with Gasteiger partial charge in [0.05, 0.1) is 11.6 Å². The number of fused-ring (bicyclic) bond motifs is 1. The third kappa shape index (κ3) is 6.26. The van der Waals surface area contributed by atoms with E-state index in [1.54, 1.807) is 24.3 Å². The van der Waals surface area contributed by atoms with Crippen LogP contribution in [0.25, 0.3) is 0 Å². The van der Waals surface area contributed by atoms with E-state index in [0.717, 1.165) is 45.3 Å². The zero-order chi connectivity index (χ0) is 23.0. The first-order chi connectivity index (χ1) is 16.1. The van der Waals surface area contributed by atoms with E-state index < -0.39 is 11.9 Å². The molecular formula is C26H32N4O3. The predicted molar refractivity (Wildman–Crippen MR) is 128 cm³/mol. The van der Waals surface area contributed by atoms with Crippen LogP contribution < -0.4 is 5.32 Å². The zero-order valence-electron chi connectivity index (χ0n) is 19.0. The number of urea groups is 1. The Kier molecular flexibility index (Phi) is 7.83. The molecule has 1 atom stereocenters. The minimum absolute atomic E-state index is 0.0926. The fourth-order valence-electron chi connectivity index (χ4n) is 4.60. The summed E-state index contributed by atoms with van der Waals surface area (Å²) in [6, 6.07) is 10.2. The van der Waals surface area contributed by atoms with Crippen LogP contribution in [0.4, 0.5) is 4.79 Å². The van der Waals surface area contributed by atoms with Gasteiger partial charge in [-0.3, -0.25) is 19.4 Å². The number of nitrogens with zero attached hydrogens (tertiary/aromatic N) is 3. The number of carbonyl (C=O) groups excluding carboxylic acids is 3. The first-order valence-electron chi connectivity index (χ1n) is 11.9. The molecule has 1 saturated heterocycles. The largest absolute Gasteiger partial charge is 0.353 e. The van der Waals surface area contributed by atoms with Crippen molar-refractivity contribution in [3.05, 3.63) is 60.2 Å². The maximum absolute atomic E-state index is 12.6. The Labute approximate surface area is 195 Å². The van der Waals surface area contributed by atoms with Crippen LogP contribution in [0.15, 0.2) is 59.6 Å². The lowest BCUT2D eigenvalue weighted by Gasteiger charge is -2.32. The molecule has 0 saturated carbocycles. The molecule has 1 aliphatic carbocycles. The van der Waals surface area contributed by atoms with E-state index in [-0.39, 0.29) is 17.9 Å². The van der Waals surface area contributed by atoms with E-state index in [1.165, 1.54) is 10.5 Å². The summed E-state index contributed by atoms with van der Waals surface area (Å²) < 4.78 is 0. The van der Waals surface area contributed by atoms with Crippen LogP contribution in [0.1, 0.15) is 44.1 Å². The summed E-state index contributed by atoms with van der Waals surface area (Å²) in [5.41, 5.74) is 1.85. The summed E-state index contributed by atoms with van der Waals surface area (Å²) in [5, 5.41) is 3.17. The Morgan fingerprint density at radius 1 is 1.03 bits per heavy atom. The standard InChI is InChI=1S/C26H32N4O3/c31-24(27-21-14-17-29(18-15-21)19-20-9-3-1-4-10-20)13-5-2-8-16-30-25(32)22-11-6-7-12-23(22)28-26(30)33/h1,3-4,6-7,9-12,21-22H,2,5,8,13-19H2,(H,27,31). The molecule has 0 spiro atoms. The van der Waals surface area contributed by atoms with Gasteiger partial charge in [-0.1, -0.05) is 55.0 Å². The third-order valence-electron chi connectivity index (χ3n) is 6.48. The SMILES string of the molecule is O=C(CCCCCN1C(=O)N=C2C=CC=CC2C1=O)NC1CCN(Cc2ccccc2)CC1. The number of aliphatic imine (C=N–C) groups is 1. The molecule has 1 N–H and O–H groups in total. The van der Waals surface area contributed by atoms with E-state index in [1.807, 2.05) is 6.07 Å². The lowest BCUT2D eigenvalue weighted by molar-refractivity contribution is -0.129. The molecule has 1 aromatic carbocycles. The highest BCUT2D eigenvalue weighted by Gasteiger charge is 2.35. The number of unbranched alkanes of at least 4 members (excludes halogenated alkanes) is 2. The summed E-state index contributed by atoms with van der Waals surface area (Å²) in [6.07, 6.45) is 11.7. The molecule has 0 radical (unpaired) electrons. The average molecular weight is 449 g/mol. The van der Waals surface area contributed by atoms with E-state index in [0.29, 0.717) is 25.1 Å². The van der Waals surface area contributed by atoms with Gasteiger partial charge in [0.2, 0.25) is 11.8 Å². The van der Waals surface area contributed by atoms with Crippen LogP contribution >= 0.6 is 0 Å². The van der Waals surface area contributed by atoms with Gasteiger partial charge in [0, 0.05) is 38.6 Å². The number of rotatable bonds is 9. The normalized spacial score (nSPS) is 21.2. The van der Waals surface area contributed by atoms with Crippen molar-refractivity contribution >= 4 is 23.6 Å². The van der Waals surface area contributed by atoms with Crippen molar-refractivity contribution in [3.63, 3.8) is 0 Å². The van der Waals surface area contributed by atoms with Crippen LogP contribution in [0.2, 0.25) is 0 Å². The summed E-state index contributed by atoms with van der Waals surface area (Å²) in [4.78, 5) is 44.8. The Balaban J connectivity index is 1.10. The molecule has 0 bridgehead atoms. The molecule has 33 heavy (non-hydrogen) atoms. The zero-order valence-corrected chi connectivity index (χ0v) is 19.0. The number of hydrogen-bond acceptors (Lipinski definition) is 4. The molecule has 2 heterocycles. The van der Waals surface area contributed by atoms with Crippen molar-refractivity contribution in [2.24, 2.45) is 10.9 Å². The van der Waals surface area contributed by atoms with Gasteiger partial charge in [0.1, 0.15) is 0 Å². The van der Waals surface area contributed by atoms with Gasteiger partial charge in [-0.05, 0) is 37.3 Å². The number of allylic oxidation sites excluding steroid dienone is 3. The molecule has 1 unspecified atom stereocenters. The second-order valence-corrected chi connectivity index (χ2v) is 8.95.